The second-order valence-corrected chi connectivity index (χ2v) is 21.0. The van der Waals surface area contributed by atoms with Gasteiger partial charge in [-0.05, 0) is 44.9 Å². The summed E-state index contributed by atoms with van der Waals surface area (Å²) >= 11 is 0. The molecule has 0 aliphatic rings. The van der Waals surface area contributed by atoms with Crippen molar-refractivity contribution in [2.24, 2.45) is 0 Å². The predicted octanol–water partition coefficient (Wildman–Crippen LogP) is 20.5. The highest BCUT2D eigenvalue weighted by atomic mass is 16.6. The average molecular weight is 960 g/mol. The predicted molar refractivity (Wildman–Crippen MR) is 293 cm³/mol. The molecule has 0 N–H and O–H groups in total. The fourth-order valence-corrected chi connectivity index (χ4v) is 9.38. The van der Waals surface area contributed by atoms with Crippen LogP contribution in [0.15, 0.2) is 12.2 Å². The summed E-state index contributed by atoms with van der Waals surface area (Å²) < 4.78 is 16.9. The Bertz CT molecular complexity index is 1060. The van der Waals surface area contributed by atoms with Crippen molar-refractivity contribution >= 4 is 17.9 Å². The Labute approximate surface area is 424 Å². The smallest absolute Gasteiger partial charge is 0.306 e. The zero-order valence-corrected chi connectivity index (χ0v) is 46.2. The molecule has 1 unspecified atom stereocenters. The number of hydrogen-bond donors (Lipinski definition) is 0. The summed E-state index contributed by atoms with van der Waals surface area (Å²) in [5, 5.41) is 0. The van der Waals surface area contributed by atoms with Gasteiger partial charge < -0.3 is 14.2 Å². The number of ether oxygens (including phenoxy) is 3. The third-order valence-corrected chi connectivity index (χ3v) is 14.0. The Hall–Kier alpha value is -1.85. The molecule has 1 atom stereocenters. The molecule has 0 saturated heterocycles. The fraction of sp³-hybridized carbons (Fsp3) is 0.919. The molecule has 0 rings (SSSR count). The molecule has 0 amide bonds. The lowest BCUT2D eigenvalue weighted by molar-refractivity contribution is -0.167. The van der Waals surface area contributed by atoms with E-state index in [0.29, 0.717) is 19.3 Å². The fourth-order valence-electron chi connectivity index (χ4n) is 9.38. The van der Waals surface area contributed by atoms with Gasteiger partial charge in [0.15, 0.2) is 6.10 Å². The molecule has 0 aromatic carbocycles. The Morgan fingerprint density at radius 2 is 0.485 bits per heavy atom. The van der Waals surface area contributed by atoms with Crippen molar-refractivity contribution < 1.29 is 28.6 Å². The molecule has 0 radical (unpaired) electrons. The van der Waals surface area contributed by atoms with Crippen LogP contribution >= 0.6 is 0 Å². The molecule has 0 heterocycles. The number of carbonyl (C=O) groups excluding carboxylic acids is 3. The van der Waals surface area contributed by atoms with Crippen LogP contribution in [0, 0.1) is 0 Å². The van der Waals surface area contributed by atoms with Gasteiger partial charge >= 0.3 is 17.9 Å². The number of rotatable bonds is 57. The minimum absolute atomic E-state index is 0.0662. The quantitative estimate of drug-likeness (QED) is 0.0262. The highest BCUT2D eigenvalue weighted by Gasteiger charge is 2.19. The Kier molecular flexibility index (Phi) is 56.2. The summed E-state index contributed by atoms with van der Waals surface area (Å²) in [6.45, 7) is 6.70. The van der Waals surface area contributed by atoms with Gasteiger partial charge in [0, 0.05) is 19.3 Å². The van der Waals surface area contributed by atoms with Gasteiger partial charge in [-0.15, -0.1) is 0 Å². The maximum absolute atomic E-state index is 12.9. The largest absolute Gasteiger partial charge is 0.462 e. The number of carbonyl (C=O) groups is 3. The minimum Gasteiger partial charge on any atom is -0.462 e. The van der Waals surface area contributed by atoms with E-state index in [0.717, 1.165) is 64.2 Å². The molecular weight excluding hydrogens is 841 g/mol. The van der Waals surface area contributed by atoms with Crippen LogP contribution in [-0.2, 0) is 28.6 Å². The van der Waals surface area contributed by atoms with Gasteiger partial charge in [0.1, 0.15) is 13.2 Å². The van der Waals surface area contributed by atoms with Crippen molar-refractivity contribution in [1.29, 1.82) is 0 Å². The third kappa shape index (κ3) is 55.1. The van der Waals surface area contributed by atoms with E-state index >= 15 is 0 Å². The highest BCUT2D eigenvalue weighted by molar-refractivity contribution is 5.71. The molecule has 402 valence electrons. The van der Waals surface area contributed by atoms with Crippen LogP contribution < -0.4 is 0 Å². The summed E-state index contributed by atoms with van der Waals surface area (Å²) in [5.74, 6) is -0.846. The van der Waals surface area contributed by atoms with Gasteiger partial charge in [-0.25, -0.2) is 0 Å². The topological polar surface area (TPSA) is 78.9 Å². The van der Waals surface area contributed by atoms with Gasteiger partial charge in [-0.3, -0.25) is 14.4 Å². The molecule has 0 aromatic rings. The molecule has 0 fully saturated rings. The van der Waals surface area contributed by atoms with E-state index in [1.807, 2.05) is 0 Å². The van der Waals surface area contributed by atoms with Crippen LogP contribution in [0.4, 0.5) is 0 Å². The van der Waals surface area contributed by atoms with Gasteiger partial charge in [-0.2, -0.15) is 0 Å². The van der Waals surface area contributed by atoms with Crippen molar-refractivity contribution in [2.75, 3.05) is 13.2 Å². The number of allylic oxidation sites excluding steroid dienone is 2. The molecule has 0 aliphatic heterocycles. The van der Waals surface area contributed by atoms with Crippen molar-refractivity contribution in [1.82, 2.24) is 0 Å². The number of esters is 3. The molecule has 68 heavy (non-hydrogen) atoms. The summed E-state index contributed by atoms with van der Waals surface area (Å²) in [6, 6.07) is 0. The lowest BCUT2D eigenvalue weighted by Crippen LogP contribution is -2.30. The van der Waals surface area contributed by atoms with Crippen LogP contribution in [0.2, 0.25) is 0 Å². The lowest BCUT2D eigenvalue weighted by Gasteiger charge is -2.18. The first kappa shape index (κ1) is 66.2. The van der Waals surface area contributed by atoms with E-state index in [1.54, 1.807) is 0 Å². The van der Waals surface area contributed by atoms with E-state index in [1.165, 1.54) is 244 Å². The normalized spacial score (nSPS) is 12.0. The monoisotopic (exact) mass is 959 g/mol. The summed E-state index contributed by atoms with van der Waals surface area (Å²) in [5.41, 5.74) is 0. The van der Waals surface area contributed by atoms with E-state index in [2.05, 4.69) is 32.9 Å². The van der Waals surface area contributed by atoms with Crippen LogP contribution in [0.1, 0.15) is 348 Å². The van der Waals surface area contributed by atoms with E-state index in [-0.39, 0.29) is 31.1 Å². The minimum atomic E-state index is -0.768. The lowest BCUT2D eigenvalue weighted by atomic mass is 10.0. The Morgan fingerprint density at radius 1 is 0.279 bits per heavy atom. The molecule has 0 aromatic heterocycles. The van der Waals surface area contributed by atoms with Crippen LogP contribution in [-0.4, -0.2) is 37.2 Å². The first-order valence-electron chi connectivity index (χ1n) is 30.7. The van der Waals surface area contributed by atoms with Crippen LogP contribution in [0.25, 0.3) is 0 Å². The molecule has 0 spiro atoms. The Morgan fingerprint density at radius 3 is 0.735 bits per heavy atom. The van der Waals surface area contributed by atoms with Crippen LogP contribution in [0.3, 0.4) is 0 Å². The van der Waals surface area contributed by atoms with Gasteiger partial charge in [0.05, 0.1) is 0 Å². The molecular formula is C62H118O6. The molecule has 0 saturated carbocycles. The van der Waals surface area contributed by atoms with Gasteiger partial charge in [0.25, 0.3) is 0 Å². The third-order valence-electron chi connectivity index (χ3n) is 14.0. The van der Waals surface area contributed by atoms with E-state index in [4.69, 9.17) is 14.2 Å². The van der Waals surface area contributed by atoms with Crippen molar-refractivity contribution in [2.45, 2.75) is 354 Å². The highest BCUT2D eigenvalue weighted by Crippen LogP contribution is 2.18. The summed E-state index contributed by atoms with van der Waals surface area (Å²) in [7, 11) is 0. The van der Waals surface area contributed by atoms with Crippen molar-refractivity contribution in [3.63, 3.8) is 0 Å². The van der Waals surface area contributed by atoms with Gasteiger partial charge in [0.2, 0.25) is 0 Å². The van der Waals surface area contributed by atoms with E-state index in [9.17, 15) is 14.4 Å². The van der Waals surface area contributed by atoms with Crippen LogP contribution in [0.5, 0.6) is 0 Å². The van der Waals surface area contributed by atoms with Gasteiger partial charge in [-0.1, -0.05) is 296 Å². The average Bonchev–Trinajstić information content (AvgIpc) is 3.34. The van der Waals surface area contributed by atoms with Crippen molar-refractivity contribution in [3.05, 3.63) is 12.2 Å². The zero-order valence-electron chi connectivity index (χ0n) is 46.2. The maximum atomic E-state index is 12.9. The summed E-state index contributed by atoms with van der Waals surface area (Å²) in [4.78, 5) is 38.2. The second-order valence-electron chi connectivity index (χ2n) is 21.0. The van der Waals surface area contributed by atoms with E-state index < -0.39 is 6.10 Å². The maximum Gasteiger partial charge on any atom is 0.306 e. The molecule has 6 nitrogen and oxygen atoms in total. The van der Waals surface area contributed by atoms with Crippen molar-refractivity contribution in [3.8, 4) is 0 Å². The SMILES string of the molecule is CCCCCCCCCCC/C=C\CCCCCCCC(=O)OCC(COC(=O)CCCCCCCCCCCCCCCCCC)OC(=O)CCCCCCCCCCCCCCCCCC. The molecule has 6 heteroatoms. The number of unbranched alkanes of at least 4 members (excludes halogenated alkanes) is 44. The molecule has 0 aliphatic carbocycles. The zero-order chi connectivity index (χ0) is 49.3. The first-order valence-corrected chi connectivity index (χ1v) is 30.7. The Balaban J connectivity index is 4.32. The molecule has 0 bridgehead atoms. The first-order chi connectivity index (χ1) is 33.5. The number of hydrogen-bond acceptors (Lipinski definition) is 6. The standard InChI is InChI=1S/C62H118O6/c1-4-7-10-13-16-19-22-25-28-31-32-35-37-40-43-46-49-52-55-61(64)67-58-59(68-62(65)56-53-50-47-44-41-38-34-30-27-24-21-18-15-12-9-6-3)57-66-60(63)54-51-48-45-42-39-36-33-29-26-23-20-17-14-11-8-5-2/h32,35,59H,4-31,33-34,36-58H2,1-3H3/b35-32-. The second kappa shape index (κ2) is 57.7. The summed E-state index contributed by atoms with van der Waals surface area (Å²) in [6.07, 6.45) is 66.3.